The molecule has 0 aliphatic heterocycles. The maximum Gasteiger partial charge on any atom is 0.123 e. The van der Waals surface area contributed by atoms with Crippen LogP contribution in [0.5, 0.6) is 0 Å². The molecule has 0 amide bonds. The van der Waals surface area contributed by atoms with E-state index in [0.717, 1.165) is 20.5 Å². The number of thioether (sulfide) groups is 1. The van der Waals surface area contributed by atoms with Crippen LogP contribution in [0.25, 0.3) is 0 Å². The Kier molecular flexibility index (Phi) is 4.80. The molecule has 0 saturated heterocycles. The van der Waals surface area contributed by atoms with Crippen molar-refractivity contribution in [1.82, 2.24) is 0 Å². The standard InChI is InChI=1S/C14H13BrFNS/c15-13-3-1-2-4-14(13)18-9-11-7-12(16)6-5-10(11)8-17/h1-7H,8-9,17H2. The van der Waals surface area contributed by atoms with Crippen LogP contribution in [-0.2, 0) is 12.3 Å². The summed E-state index contributed by atoms with van der Waals surface area (Å²) in [5.74, 6) is 0.502. The van der Waals surface area contributed by atoms with E-state index >= 15 is 0 Å². The van der Waals surface area contributed by atoms with E-state index in [9.17, 15) is 4.39 Å². The Balaban J connectivity index is 2.15. The van der Waals surface area contributed by atoms with Gasteiger partial charge in [0, 0.05) is 21.7 Å². The van der Waals surface area contributed by atoms with Crippen molar-refractivity contribution < 1.29 is 4.39 Å². The zero-order valence-electron chi connectivity index (χ0n) is 9.70. The molecule has 4 heteroatoms. The van der Waals surface area contributed by atoms with Crippen LogP contribution in [0.15, 0.2) is 51.8 Å². The van der Waals surface area contributed by atoms with Gasteiger partial charge >= 0.3 is 0 Å². The first kappa shape index (κ1) is 13.6. The van der Waals surface area contributed by atoms with Gasteiger partial charge in [0.05, 0.1) is 0 Å². The Labute approximate surface area is 119 Å². The van der Waals surface area contributed by atoms with E-state index in [2.05, 4.69) is 15.9 Å². The second-order valence-corrected chi connectivity index (χ2v) is 5.71. The molecule has 0 fully saturated rings. The minimum atomic E-state index is -0.213. The maximum absolute atomic E-state index is 13.2. The molecule has 0 atom stereocenters. The van der Waals surface area contributed by atoms with E-state index in [1.165, 1.54) is 6.07 Å². The summed E-state index contributed by atoms with van der Waals surface area (Å²) in [4.78, 5) is 1.14. The smallest absolute Gasteiger partial charge is 0.123 e. The summed E-state index contributed by atoms with van der Waals surface area (Å²) in [5.41, 5.74) is 7.61. The molecule has 0 radical (unpaired) electrons. The van der Waals surface area contributed by atoms with Gasteiger partial charge in [0.15, 0.2) is 0 Å². The highest BCUT2D eigenvalue weighted by molar-refractivity contribution is 9.10. The van der Waals surface area contributed by atoms with Gasteiger partial charge in [0.1, 0.15) is 5.82 Å². The quantitative estimate of drug-likeness (QED) is 0.846. The van der Waals surface area contributed by atoms with Crippen molar-refractivity contribution in [2.75, 3.05) is 0 Å². The van der Waals surface area contributed by atoms with Crippen LogP contribution >= 0.6 is 27.7 Å². The van der Waals surface area contributed by atoms with E-state index in [0.29, 0.717) is 12.3 Å². The fourth-order valence-electron chi connectivity index (χ4n) is 1.65. The average molecular weight is 326 g/mol. The second kappa shape index (κ2) is 6.36. The number of nitrogens with two attached hydrogens (primary N) is 1. The summed E-state index contributed by atoms with van der Waals surface area (Å²) in [7, 11) is 0. The summed E-state index contributed by atoms with van der Waals surface area (Å²) in [6, 6.07) is 12.8. The number of halogens is 2. The molecule has 0 bridgehead atoms. The third kappa shape index (κ3) is 3.34. The highest BCUT2D eigenvalue weighted by atomic mass is 79.9. The molecule has 0 aromatic heterocycles. The van der Waals surface area contributed by atoms with E-state index in [1.807, 2.05) is 24.3 Å². The molecule has 2 aromatic rings. The van der Waals surface area contributed by atoms with Crippen molar-refractivity contribution in [3.8, 4) is 0 Å². The highest BCUT2D eigenvalue weighted by Crippen LogP contribution is 2.30. The lowest BCUT2D eigenvalue weighted by Crippen LogP contribution is -2.01. The van der Waals surface area contributed by atoms with Crippen molar-refractivity contribution in [1.29, 1.82) is 0 Å². The van der Waals surface area contributed by atoms with Gasteiger partial charge in [0.2, 0.25) is 0 Å². The first-order valence-electron chi connectivity index (χ1n) is 5.55. The van der Waals surface area contributed by atoms with Gasteiger partial charge in [-0.3, -0.25) is 0 Å². The predicted molar refractivity (Wildman–Crippen MR) is 78.0 cm³/mol. The highest BCUT2D eigenvalue weighted by Gasteiger charge is 2.05. The van der Waals surface area contributed by atoms with Crippen LogP contribution in [-0.4, -0.2) is 0 Å². The van der Waals surface area contributed by atoms with Crippen LogP contribution in [0, 0.1) is 5.82 Å². The Hall–Kier alpha value is -0.840. The van der Waals surface area contributed by atoms with E-state index in [-0.39, 0.29) is 5.82 Å². The number of hydrogen-bond acceptors (Lipinski definition) is 2. The molecule has 18 heavy (non-hydrogen) atoms. The summed E-state index contributed by atoms with van der Waals surface area (Å²) >= 11 is 5.17. The molecule has 0 heterocycles. The number of rotatable bonds is 4. The fourth-order valence-corrected chi connectivity index (χ4v) is 3.23. The molecule has 2 N–H and O–H groups in total. The summed E-state index contributed by atoms with van der Waals surface area (Å²) in [5, 5.41) is 0. The number of hydrogen-bond donors (Lipinski definition) is 1. The molecule has 0 unspecified atom stereocenters. The molecular formula is C14H13BrFNS. The predicted octanol–water partition coefficient (Wildman–Crippen LogP) is 4.34. The van der Waals surface area contributed by atoms with E-state index in [1.54, 1.807) is 23.9 Å². The second-order valence-electron chi connectivity index (χ2n) is 3.84. The first-order valence-corrected chi connectivity index (χ1v) is 7.33. The van der Waals surface area contributed by atoms with Gasteiger partial charge < -0.3 is 5.73 Å². The molecule has 0 aliphatic carbocycles. The third-order valence-corrected chi connectivity index (χ3v) is 4.68. The van der Waals surface area contributed by atoms with Crippen molar-refractivity contribution in [2.45, 2.75) is 17.2 Å². The van der Waals surface area contributed by atoms with Crippen molar-refractivity contribution >= 4 is 27.7 Å². The van der Waals surface area contributed by atoms with Crippen molar-refractivity contribution in [3.63, 3.8) is 0 Å². The Morgan fingerprint density at radius 1 is 1.11 bits per heavy atom. The third-order valence-electron chi connectivity index (χ3n) is 2.61. The van der Waals surface area contributed by atoms with Crippen LogP contribution in [0.1, 0.15) is 11.1 Å². The average Bonchev–Trinajstić information content (AvgIpc) is 2.38. The van der Waals surface area contributed by atoms with Crippen LogP contribution in [0.3, 0.4) is 0 Å². The normalized spacial score (nSPS) is 10.6. The zero-order valence-corrected chi connectivity index (χ0v) is 12.1. The van der Waals surface area contributed by atoms with Crippen molar-refractivity contribution in [3.05, 3.63) is 63.9 Å². The summed E-state index contributed by atoms with van der Waals surface area (Å²) in [6.45, 7) is 0.437. The van der Waals surface area contributed by atoms with Crippen LogP contribution in [0.2, 0.25) is 0 Å². The Morgan fingerprint density at radius 3 is 2.61 bits per heavy atom. The molecule has 94 valence electrons. The Morgan fingerprint density at radius 2 is 1.89 bits per heavy atom. The van der Waals surface area contributed by atoms with Gasteiger partial charge in [0.25, 0.3) is 0 Å². The molecule has 0 aliphatic rings. The summed E-state index contributed by atoms with van der Waals surface area (Å²) < 4.78 is 14.3. The lowest BCUT2D eigenvalue weighted by Gasteiger charge is -2.08. The molecule has 1 nitrogen and oxygen atoms in total. The van der Waals surface area contributed by atoms with Crippen LogP contribution in [0.4, 0.5) is 4.39 Å². The molecule has 0 saturated carbocycles. The summed E-state index contributed by atoms with van der Waals surface area (Å²) in [6.07, 6.45) is 0. The molecule has 0 spiro atoms. The lowest BCUT2D eigenvalue weighted by atomic mass is 10.1. The topological polar surface area (TPSA) is 26.0 Å². The SMILES string of the molecule is NCc1ccc(F)cc1CSc1ccccc1Br. The van der Waals surface area contributed by atoms with E-state index < -0.39 is 0 Å². The lowest BCUT2D eigenvalue weighted by molar-refractivity contribution is 0.625. The van der Waals surface area contributed by atoms with E-state index in [4.69, 9.17) is 5.73 Å². The van der Waals surface area contributed by atoms with Gasteiger partial charge in [-0.2, -0.15) is 0 Å². The minimum absolute atomic E-state index is 0.213. The fraction of sp³-hybridized carbons (Fsp3) is 0.143. The van der Waals surface area contributed by atoms with Gasteiger partial charge in [-0.25, -0.2) is 4.39 Å². The monoisotopic (exact) mass is 325 g/mol. The zero-order chi connectivity index (χ0) is 13.0. The van der Waals surface area contributed by atoms with Crippen molar-refractivity contribution in [2.24, 2.45) is 5.73 Å². The van der Waals surface area contributed by atoms with Gasteiger partial charge in [-0.05, 0) is 51.3 Å². The molecule has 2 aromatic carbocycles. The first-order chi connectivity index (χ1) is 8.70. The maximum atomic E-state index is 13.2. The number of benzene rings is 2. The molecular weight excluding hydrogens is 313 g/mol. The van der Waals surface area contributed by atoms with Crippen LogP contribution < -0.4 is 5.73 Å². The largest absolute Gasteiger partial charge is 0.326 e. The van der Waals surface area contributed by atoms with Gasteiger partial charge in [-0.15, -0.1) is 11.8 Å². The van der Waals surface area contributed by atoms with Gasteiger partial charge in [-0.1, -0.05) is 18.2 Å². The minimum Gasteiger partial charge on any atom is -0.326 e. The molecule has 2 rings (SSSR count). The Bertz CT molecular complexity index is 545.